The molecule has 0 bridgehead atoms. The summed E-state index contributed by atoms with van der Waals surface area (Å²) in [6, 6.07) is 0.353. The molecule has 1 aliphatic heterocycles. The molecule has 4 heteroatoms. The zero-order valence-corrected chi connectivity index (χ0v) is 7.85. The van der Waals surface area contributed by atoms with Crippen molar-refractivity contribution in [3.63, 3.8) is 0 Å². The minimum atomic E-state index is -0.206. The summed E-state index contributed by atoms with van der Waals surface area (Å²) in [5.74, 6) is 0. The number of hydrogen-bond donors (Lipinski definition) is 1. The standard InChI is InChI=1S/C9H15N3O/c1-2-3-7-4-9(13)5-8-6-10-11-12(7)8/h6-7,9,13H,2-5H2,1H3/t7-,9-/m0/s1. The van der Waals surface area contributed by atoms with Crippen molar-refractivity contribution in [1.29, 1.82) is 0 Å². The maximum atomic E-state index is 9.60. The second-order valence-corrected chi connectivity index (χ2v) is 3.71. The molecule has 0 amide bonds. The Bertz CT molecular complexity index is 284. The minimum Gasteiger partial charge on any atom is -0.393 e. The van der Waals surface area contributed by atoms with Crippen LogP contribution in [0.5, 0.6) is 0 Å². The van der Waals surface area contributed by atoms with Gasteiger partial charge < -0.3 is 5.11 Å². The van der Waals surface area contributed by atoms with E-state index in [0.717, 1.165) is 25.0 Å². The van der Waals surface area contributed by atoms with Gasteiger partial charge in [-0.2, -0.15) is 0 Å². The first kappa shape index (κ1) is 8.69. The second kappa shape index (κ2) is 3.46. The van der Waals surface area contributed by atoms with Gasteiger partial charge in [-0.15, -0.1) is 5.10 Å². The summed E-state index contributed by atoms with van der Waals surface area (Å²) in [4.78, 5) is 0. The molecule has 0 aromatic carbocycles. The molecular formula is C9H15N3O. The van der Waals surface area contributed by atoms with Crippen LogP contribution in [0.1, 0.15) is 37.9 Å². The summed E-state index contributed by atoms with van der Waals surface area (Å²) in [5, 5.41) is 17.5. The van der Waals surface area contributed by atoms with Crippen LogP contribution >= 0.6 is 0 Å². The Balaban J connectivity index is 2.22. The Morgan fingerprint density at radius 1 is 1.69 bits per heavy atom. The molecule has 72 valence electrons. The van der Waals surface area contributed by atoms with Crippen LogP contribution in [0, 0.1) is 0 Å². The molecule has 0 aliphatic carbocycles. The molecule has 2 heterocycles. The van der Waals surface area contributed by atoms with Crippen molar-refractivity contribution < 1.29 is 5.11 Å². The molecule has 13 heavy (non-hydrogen) atoms. The van der Waals surface area contributed by atoms with Crippen LogP contribution in [-0.2, 0) is 6.42 Å². The SMILES string of the molecule is CCC[C@H]1C[C@H](O)Cc2cnnn21. The van der Waals surface area contributed by atoms with Gasteiger partial charge in [-0.05, 0) is 12.8 Å². The van der Waals surface area contributed by atoms with Gasteiger partial charge in [0.1, 0.15) is 0 Å². The Morgan fingerprint density at radius 2 is 2.54 bits per heavy atom. The Morgan fingerprint density at radius 3 is 3.31 bits per heavy atom. The lowest BCUT2D eigenvalue weighted by Gasteiger charge is -2.26. The lowest BCUT2D eigenvalue weighted by molar-refractivity contribution is 0.115. The predicted molar refractivity (Wildman–Crippen MR) is 48.3 cm³/mol. The molecule has 0 spiro atoms. The summed E-state index contributed by atoms with van der Waals surface area (Å²) < 4.78 is 1.97. The van der Waals surface area contributed by atoms with E-state index in [-0.39, 0.29) is 6.10 Å². The van der Waals surface area contributed by atoms with Crippen LogP contribution in [0.4, 0.5) is 0 Å². The van der Waals surface area contributed by atoms with Gasteiger partial charge in [0, 0.05) is 6.42 Å². The summed E-state index contributed by atoms with van der Waals surface area (Å²) >= 11 is 0. The number of fused-ring (bicyclic) bond motifs is 1. The van der Waals surface area contributed by atoms with Crippen LogP contribution in [0.3, 0.4) is 0 Å². The average molecular weight is 181 g/mol. The van der Waals surface area contributed by atoms with E-state index in [4.69, 9.17) is 0 Å². The van der Waals surface area contributed by atoms with E-state index >= 15 is 0 Å². The van der Waals surface area contributed by atoms with Crippen LogP contribution in [-0.4, -0.2) is 26.2 Å². The predicted octanol–water partition coefficient (Wildman–Crippen LogP) is 0.926. The quantitative estimate of drug-likeness (QED) is 0.738. The molecule has 0 saturated heterocycles. The van der Waals surface area contributed by atoms with E-state index < -0.39 is 0 Å². The van der Waals surface area contributed by atoms with Gasteiger partial charge in [0.25, 0.3) is 0 Å². The third-order valence-electron chi connectivity index (χ3n) is 2.61. The molecule has 4 nitrogen and oxygen atoms in total. The normalized spacial score (nSPS) is 27.2. The first-order valence-corrected chi connectivity index (χ1v) is 4.88. The van der Waals surface area contributed by atoms with Crippen molar-refractivity contribution in [2.24, 2.45) is 0 Å². The largest absolute Gasteiger partial charge is 0.393 e. The molecule has 1 aromatic rings. The van der Waals surface area contributed by atoms with Crippen molar-refractivity contribution in [2.45, 2.75) is 44.8 Å². The van der Waals surface area contributed by atoms with Gasteiger partial charge in [-0.25, -0.2) is 4.68 Å². The van der Waals surface area contributed by atoms with Gasteiger partial charge in [0.2, 0.25) is 0 Å². The topological polar surface area (TPSA) is 50.9 Å². The fourth-order valence-electron chi connectivity index (χ4n) is 2.03. The molecule has 0 fully saturated rings. The number of aromatic nitrogens is 3. The lowest BCUT2D eigenvalue weighted by Crippen LogP contribution is -2.28. The van der Waals surface area contributed by atoms with E-state index in [1.54, 1.807) is 6.20 Å². The fourth-order valence-corrected chi connectivity index (χ4v) is 2.03. The van der Waals surface area contributed by atoms with Gasteiger partial charge >= 0.3 is 0 Å². The van der Waals surface area contributed by atoms with Crippen molar-refractivity contribution >= 4 is 0 Å². The molecule has 2 atom stereocenters. The van der Waals surface area contributed by atoms with Gasteiger partial charge in [0.05, 0.1) is 24.0 Å². The molecule has 0 radical (unpaired) electrons. The van der Waals surface area contributed by atoms with E-state index in [1.165, 1.54) is 0 Å². The van der Waals surface area contributed by atoms with Crippen LogP contribution in [0.15, 0.2) is 6.20 Å². The van der Waals surface area contributed by atoms with Gasteiger partial charge in [0.15, 0.2) is 0 Å². The van der Waals surface area contributed by atoms with Crippen molar-refractivity contribution in [1.82, 2.24) is 15.0 Å². The highest BCUT2D eigenvalue weighted by atomic mass is 16.3. The second-order valence-electron chi connectivity index (χ2n) is 3.71. The van der Waals surface area contributed by atoms with E-state index in [1.807, 2.05) is 4.68 Å². The maximum Gasteiger partial charge on any atom is 0.0726 e. The Kier molecular flexibility index (Phi) is 2.31. The zero-order chi connectivity index (χ0) is 9.26. The lowest BCUT2D eigenvalue weighted by atomic mass is 9.97. The monoisotopic (exact) mass is 181 g/mol. The number of rotatable bonds is 2. The molecule has 0 unspecified atom stereocenters. The molecule has 1 aromatic heterocycles. The first-order valence-electron chi connectivity index (χ1n) is 4.88. The molecule has 1 aliphatic rings. The van der Waals surface area contributed by atoms with E-state index in [0.29, 0.717) is 12.5 Å². The fraction of sp³-hybridized carbons (Fsp3) is 0.778. The molecule has 0 saturated carbocycles. The number of hydrogen-bond acceptors (Lipinski definition) is 3. The molecule has 1 N–H and O–H groups in total. The van der Waals surface area contributed by atoms with Crippen molar-refractivity contribution in [3.05, 3.63) is 11.9 Å². The third kappa shape index (κ3) is 1.58. The molecular weight excluding hydrogens is 166 g/mol. The van der Waals surface area contributed by atoms with E-state index in [9.17, 15) is 5.11 Å². The van der Waals surface area contributed by atoms with Crippen LogP contribution < -0.4 is 0 Å². The van der Waals surface area contributed by atoms with Gasteiger partial charge in [-0.3, -0.25) is 0 Å². The molecule has 2 rings (SSSR count). The van der Waals surface area contributed by atoms with Crippen molar-refractivity contribution in [3.8, 4) is 0 Å². The number of aliphatic hydroxyl groups is 1. The maximum absolute atomic E-state index is 9.60. The summed E-state index contributed by atoms with van der Waals surface area (Å²) in [6.45, 7) is 2.15. The van der Waals surface area contributed by atoms with Crippen LogP contribution in [0.2, 0.25) is 0 Å². The smallest absolute Gasteiger partial charge is 0.0726 e. The first-order chi connectivity index (χ1) is 6.31. The highest BCUT2D eigenvalue weighted by Crippen LogP contribution is 2.26. The highest BCUT2D eigenvalue weighted by Gasteiger charge is 2.25. The summed E-state index contributed by atoms with van der Waals surface area (Å²) in [5.41, 5.74) is 1.07. The summed E-state index contributed by atoms with van der Waals surface area (Å²) in [6.07, 6.45) is 5.27. The van der Waals surface area contributed by atoms with E-state index in [2.05, 4.69) is 17.2 Å². The third-order valence-corrected chi connectivity index (χ3v) is 2.61. The average Bonchev–Trinajstić information content (AvgIpc) is 2.52. The van der Waals surface area contributed by atoms with Gasteiger partial charge in [-0.1, -0.05) is 18.6 Å². The van der Waals surface area contributed by atoms with Crippen molar-refractivity contribution in [2.75, 3.05) is 0 Å². The summed E-state index contributed by atoms with van der Waals surface area (Å²) in [7, 11) is 0. The highest BCUT2D eigenvalue weighted by molar-refractivity contribution is 5.02. The minimum absolute atomic E-state index is 0.206. The zero-order valence-electron chi connectivity index (χ0n) is 7.85. The Labute approximate surface area is 77.6 Å². The number of aliphatic hydroxyl groups excluding tert-OH is 1. The number of nitrogens with zero attached hydrogens (tertiary/aromatic N) is 3. The van der Waals surface area contributed by atoms with Crippen LogP contribution in [0.25, 0.3) is 0 Å². The Hall–Kier alpha value is -0.900.